The Morgan fingerprint density at radius 2 is 2.38 bits per heavy atom. The molecule has 0 aliphatic rings. The van der Waals surface area contributed by atoms with Crippen molar-refractivity contribution in [3.8, 4) is 0 Å². The topological polar surface area (TPSA) is 34.4 Å². The zero-order valence-corrected chi connectivity index (χ0v) is 8.30. The van der Waals surface area contributed by atoms with E-state index in [2.05, 4.69) is 12.2 Å². The average molecular weight is 183 g/mol. The van der Waals surface area contributed by atoms with Gasteiger partial charge >= 0.3 is 0 Å². The molecule has 0 amide bonds. The van der Waals surface area contributed by atoms with E-state index in [1.54, 1.807) is 6.26 Å². The molecule has 0 bridgehead atoms. The van der Waals surface area contributed by atoms with E-state index in [0.717, 1.165) is 30.9 Å². The lowest BCUT2D eigenvalue weighted by atomic mass is 10.3. The third-order valence-corrected chi connectivity index (χ3v) is 1.68. The Morgan fingerprint density at radius 3 is 3.08 bits per heavy atom. The van der Waals surface area contributed by atoms with Crippen molar-refractivity contribution < 1.29 is 9.15 Å². The minimum absolute atomic E-state index is 0.581. The summed E-state index contributed by atoms with van der Waals surface area (Å²) in [5, 5.41) is 3.06. The maximum atomic E-state index is 5.35. The number of rotatable bonds is 6. The fourth-order valence-corrected chi connectivity index (χ4v) is 1.12. The van der Waals surface area contributed by atoms with E-state index in [1.807, 2.05) is 13.1 Å². The molecule has 1 aromatic heterocycles. The molecule has 1 N–H and O–H groups in total. The number of ether oxygens (including phenoxy) is 1. The molecule has 0 saturated carbocycles. The molecule has 0 aliphatic carbocycles. The second kappa shape index (κ2) is 5.78. The van der Waals surface area contributed by atoms with Crippen molar-refractivity contribution in [1.29, 1.82) is 0 Å². The summed E-state index contributed by atoms with van der Waals surface area (Å²) in [6.45, 7) is 4.31. The van der Waals surface area contributed by atoms with Gasteiger partial charge < -0.3 is 14.5 Å². The molecule has 3 heteroatoms. The molecule has 0 saturated heterocycles. The summed E-state index contributed by atoms with van der Waals surface area (Å²) in [6.07, 6.45) is 2.81. The summed E-state index contributed by atoms with van der Waals surface area (Å²) in [7, 11) is 1.92. The van der Waals surface area contributed by atoms with Crippen molar-refractivity contribution in [2.24, 2.45) is 0 Å². The van der Waals surface area contributed by atoms with E-state index >= 15 is 0 Å². The molecule has 1 rings (SSSR count). The third kappa shape index (κ3) is 3.61. The lowest BCUT2D eigenvalue weighted by Gasteiger charge is -1.97. The number of furan rings is 1. The van der Waals surface area contributed by atoms with Gasteiger partial charge in [-0.15, -0.1) is 0 Å². The van der Waals surface area contributed by atoms with E-state index in [1.165, 1.54) is 0 Å². The molecule has 3 nitrogen and oxygen atoms in total. The summed E-state index contributed by atoms with van der Waals surface area (Å²) in [5.41, 5.74) is 1.16. The third-order valence-electron chi connectivity index (χ3n) is 1.68. The van der Waals surface area contributed by atoms with Crippen LogP contribution in [0.25, 0.3) is 0 Å². The predicted octanol–water partition coefficient (Wildman–Crippen LogP) is 1.93. The normalized spacial score (nSPS) is 10.6. The Balaban J connectivity index is 2.31. The first-order valence-electron chi connectivity index (χ1n) is 4.65. The Morgan fingerprint density at radius 1 is 1.54 bits per heavy atom. The molecule has 0 aliphatic heterocycles. The fourth-order valence-electron chi connectivity index (χ4n) is 1.12. The molecule has 0 fully saturated rings. The van der Waals surface area contributed by atoms with Gasteiger partial charge in [-0.25, -0.2) is 0 Å². The molecule has 0 spiro atoms. The van der Waals surface area contributed by atoms with Gasteiger partial charge in [0.15, 0.2) is 0 Å². The van der Waals surface area contributed by atoms with Crippen molar-refractivity contribution in [2.45, 2.75) is 26.5 Å². The van der Waals surface area contributed by atoms with Crippen LogP contribution in [0.3, 0.4) is 0 Å². The van der Waals surface area contributed by atoms with Crippen molar-refractivity contribution in [3.63, 3.8) is 0 Å². The maximum absolute atomic E-state index is 5.35. The Hall–Kier alpha value is -0.800. The van der Waals surface area contributed by atoms with Crippen molar-refractivity contribution in [1.82, 2.24) is 5.32 Å². The van der Waals surface area contributed by atoms with Crippen LogP contribution in [0.15, 0.2) is 16.7 Å². The smallest absolute Gasteiger partial charge is 0.129 e. The van der Waals surface area contributed by atoms with Gasteiger partial charge in [-0.2, -0.15) is 0 Å². The van der Waals surface area contributed by atoms with Gasteiger partial charge in [0.1, 0.15) is 12.4 Å². The van der Waals surface area contributed by atoms with Crippen molar-refractivity contribution >= 4 is 0 Å². The second-order valence-corrected chi connectivity index (χ2v) is 3.00. The van der Waals surface area contributed by atoms with E-state index in [9.17, 15) is 0 Å². The van der Waals surface area contributed by atoms with Crippen LogP contribution in [-0.4, -0.2) is 13.7 Å². The van der Waals surface area contributed by atoms with Gasteiger partial charge in [0, 0.05) is 18.7 Å². The van der Waals surface area contributed by atoms with E-state index in [0.29, 0.717) is 6.61 Å². The van der Waals surface area contributed by atoms with Crippen LogP contribution in [-0.2, 0) is 17.9 Å². The Bertz CT molecular complexity index is 233. The first kappa shape index (κ1) is 10.3. The van der Waals surface area contributed by atoms with E-state index < -0.39 is 0 Å². The predicted molar refractivity (Wildman–Crippen MR) is 51.4 cm³/mol. The van der Waals surface area contributed by atoms with E-state index in [-0.39, 0.29) is 0 Å². The van der Waals surface area contributed by atoms with Crippen LogP contribution in [0, 0.1) is 0 Å². The molecule has 74 valence electrons. The second-order valence-electron chi connectivity index (χ2n) is 3.00. The number of hydrogen-bond donors (Lipinski definition) is 1. The van der Waals surface area contributed by atoms with Gasteiger partial charge in [-0.05, 0) is 19.5 Å². The minimum atomic E-state index is 0.581. The lowest BCUT2D eigenvalue weighted by Crippen LogP contribution is -2.03. The van der Waals surface area contributed by atoms with Crippen LogP contribution in [0.2, 0.25) is 0 Å². The Labute approximate surface area is 79.1 Å². The minimum Gasteiger partial charge on any atom is -0.467 e. The molecule has 1 heterocycles. The molecule has 0 radical (unpaired) electrons. The monoisotopic (exact) mass is 183 g/mol. The largest absolute Gasteiger partial charge is 0.467 e. The SMILES string of the molecule is CCCOCc1cc(CNC)co1. The summed E-state index contributed by atoms with van der Waals surface area (Å²) in [6, 6.07) is 2.02. The summed E-state index contributed by atoms with van der Waals surface area (Å²) < 4.78 is 10.6. The maximum Gasteiger partial charge on any atom is 0.129 e. The molecule has 1 aromatic rings. The van der Waals surface area contributed by atoms with Crippen LogP contribution in [0.1, 0.15) is 24.7 Å². The molecular weight excluding hydrogens is 166 g/mol. The highest BCUT2D eigenvalue weighted by molar-refractivity contribution is 5.11. The highest BCUT2D eigenvalue weighted by atomic mass is 16.5. The number of hydrogen-bond acceptors (Lipinski definition) is 3. The molecular formula is C10H17NO2. The lowest BCUT2D eigenvalue weighted by molar-refractivity contribution is 0.107. The molecule has 0 unspecified atom stereocenters. The first-order chi connectivity index (χ1) is 6.36. The van der Waals surface area contributed by atoms with Crippen molar-refractivity contribution in [2.75, 3.05) is 13.7 Å². The quantitative estimate of drug-likeness (QED) is 0.684. The van der Waals surface area contributed by atoms with Gasteiger partial charge in [0.05, 0.1) is 6.26 Å². The van der Waals surface area contributed by atoms with E-state index in [4.69, 9.17) is 9.15 Å². The van der Waals surface area contributed by atoms with Crippen LogP contribution >= 0.6 is 0 Å². The first-order valence-corrected chi connectivity index (χ1v) is 4.65. The average Bonchev–Trinajstić information content (AvgIpc) is 2.54. The van der Waals surface area contributed by atoms with Gasteiger partial charge in [0.2, 0.25) is 0 Å². The summed E-state index contributed by atoms with van der Waals surface area (Å²) in [5.74, 6) is 0.902. The van der Waals surface area contributed by atoms with Gasteiger partial charge in [-0.1, -0.05) is 6.92 Å². The summed E-state index contributed by atoms with van der Waals surface area (Å²) in [4.78, 5) is 0. The fraction of sp³-hybridized carbons (Fsp3) is 0.600. The number of nitrogens with one attached hydrogen (secondary N) is 1. The summed E-state index contributed by atoms with van der Waals surface area (Å²) >= 11 is 0. The highest BCUT2D eigenvalue weighted by Crippen LogP contribution is 2.08. The molecule has 0 aromatic carbocycles. The zero-order chi connectivity index (χ0) is 9.52. The van der Waals surface area contributed by atoms with Crippen LogP contribution in [0.5, 0.6) is 0 Å². The standard InChI is InChI=1S/C10H17NO2/c1-3-4-12-8-10-5-9(6-11-2)7-13-10/h5,7,11H,3-4,6,8H2,1-2H3. The highest BCUT2D eigenvalue weighted by Gasteiger charge is 2.00. The molecule has 13 heavy (non-hydrogen) atoms. The van der Waals surface area contributed by atoms with Gasteiger partial charge in [-0.3, -0.25) is 0 Å². The van der Waals surface area contributed by atoms with Crippen LogP contribution < -0.4 is 5.32 Å². The Kier molecular flexibility index (Phi) is 4.57. The molecule has 0 atom stereocenters. The zero-order valence-electron chi connectivity index (χ0n) is 8.30. The van der Waals surface area contributed by atoms with Gasteiger partial charge in [0.25, 0.3) is 0 Å². The van der Waals surface area contributed by atoms with Crippen LogP contribution in [0.4, 0.5) is 0 Å². The van der Waals surface area contributed by atoms with Crippen molar-refractivity contribution in [3.05, 3.63) is 23.7 Å².